The van der Waals surface area contributed by atoms with Crippen molar-refractivity contribution in [1.29, 1.82) is 0 Å². The van der Waals surface area contributed by atoms with Crippen LogP contribution in [-0.2, 0) is 64.7 Å². The van der Waals surface area contributed by atoms with Crippen LogP contribution in [0.4, 0.5) is 5.82 Å². The van der Waals surface area contributed by atoms with Crippen LogP contribution in [0.3, 0.4) is 0 Å². The van der Waals surface area contributed by atoms with Crippen molar-refractivity contribution in [2.75, 3.05) is 5.73 Å². The number of nitrogen functional groups attached to an aromatic ring is 1. The highest BCUT2D eigenvalue weighted by Gasteiger charge is 2.63. The molecule has 0 atom stereocenters. The van der Waals surface area contributed by atoms with E-state index in [1.54, 1.807) is 38.5 Å². The van der Waals surface area contributed by atoms with Crippen molar-refractivity contribution in [3.05, 3.63) is 75.3 Å². The lowest BCUT2D eigenvalue weighted by Crippen LogP contribution is -2.41. The predicted molar refractivity (Wildman–Crippen MR) is 252 cm³/mol. The number of hydrogen-bond donors (Lipinski definition) is 1. The zero-order valence-corrected chi connectivity index (χ0v) is 42.7. The summed E-state index contributed by atoms with van der Waals surface area (Å²) < 4.78 is 41.7. The number of anilines is 1. The lowest BCUT2D eigenvalue weighted by molar-refractivity contribution is -0.156. The van der Waals surface area contributed by atoms with Crippen LogP contribution in [0.2, 0.25) is 0 Å². The third-order valence-corrected chi connectivity index (χ3v) is 11.8. The molecule has 6 heterocycles. The maximum atomic E-state index is 11.1. The van der Waals surface area contributed by atoms with Crippen molar-refractivity contribution in [1.82, 2.24) is 15.0 Å². The minimum absolute atomic E-state index is 0.0959. The molecule has 3 aromatic heterocycles. The number of rotatable bonds is 6. The third-order valence-electron chi connectivity index (χ3n) is 10.8. The maximum Gasteiger partial charge on any atom is 0.494 e. The van der Waals surface area contributed by atoms with E-state index in [0.29, 0.717) is 18.7 Å². The summed E-state index contributed by atoms with van der Waals surface area (Å²) >= 11 is 6.54. The Morgan fingerprint density at radius 3 is 1.17 bits per heavy atom. The molecule has 0 aromatic carbocycles. The first-order valence-corrected chi connectivity index (χ1v) is 21.9. The first-order chi connectivity index (χ1) is 28.7. The molecule has 0 saturated carbocycles. The normalized spacial score (nSPS) is 19.0. The summed E-state index contributed by atoms with van der Waals surface area (Å²) in [5.41, 5.74) is 5.63. The molecule has 0 radical (unpaired) electrons. The van der Waals surface area contributed by atoms with Gasteiger partial charge in [0, 0.05) is 65.6 Å². The second-order valence-corrected chi connectivity index (χ2v) is 20.0. The second kappa shape index (κ2) is 22.7. The molecular weight excluding hydrogens is 941 g/mol. The highest BCUT2D eigenvalue weighted by atomic mass is 79.9. The van der Waals surface area contributed by atoms with Crippen LogP contribution in [0.25, 0.3) is 0 Å². The lowest BCUT2D eigenvalue weighted by atomic mass is 9.49. The highest BCUT2D eigenvalue weighted by Crippen LogP contribution is 2.43. The van der Waals surface area contributed by atoms with Gasteiger partial charge in [-0.25, -0.2) is 4.98 Å². The number of halogens is 2. The van der Waals surface area contributed by atoms with Crippen molar-refractivity contribution in [3.8, 4) is 0 Å². The van der Waals surface area contributed by atoms with Crippen LogP contribution >= 0.6 is 31.9 Å². The largest absolute Gasteiger partial charge is 0.494 e. The average Bonchev–Trinajstić information content (AvgIpc) is 3.57. The highest BCUT2D eigenvalue weighted by molar-refractivity contribution is 9.10. The Morgan fingerprint density at radius 2 is 0.873 bits per heavy atom. The van der Waals surface area contributed by atoms with Crippen molar-refractivity contribution < 1.29 is 51.8 Å². The smallest absolute Gasteiger partial charge is 0.405 e. The topological polar surface area (TPSA) is 198 Å². The van der Waals surface area contributed by atoms with Gasteiger partial charge in [-0.2, -0.15) is 0 Å². The molecule has 0 unspecified atom stereocenters. The summed E-state index contributed by atoms with van der Waals surface area (Å²) in [6.45, 7) is 29.8. The van der Waals surface area contributed by atoms with Crippen LogP contribution in [0.1, 0.15) is 122 Å². The monoisotopic (exact) mass is 1000 g/mol. The van der Waals surface area contributed by atoms with Crippen LogP contribution in [0.15, 0.2) is 63.9 Å². The molecule has 3 fully saturated rings. The van der Waals surface area contributed by atoms with Gasteiger partial charge in [-0.15, -0.1) is 0 Å². The van der Waals surface area contributed by atoms with Gasteiger partial charge in [-0.3, -0.25) is 29.1 Å². The minimum Gasteiger partial charge on any atom is -0.405 e. The van der Waals surface area contributed by atoms with E-state index < -0.39 is 33.1 Å². The van der Waals surface area contributed by atoms with E-state index in [1.165, 1.54) is 13.8 Å². The fourth-order valence-corrected chi connectivity index (χ4v) is 6.13. The van der Waals surface area contributed by atoms with Crippen LogP contribution in [-0.4, -0.2) is 93.2 Å². The molecule has 0 aliphatic carbocycles. The number of esters is 2. The molecule has 6 rings (SSSR count). The van der Waals surface area contributed by atoms with E-state index in [-0.39, 0.29) is 45.2 Å². The number of nitrogens with zero attached hydrogens (tertiary/aromatic N) is 3. The fraction of sp³-hybridized carbons (Fsp3) is 0.558. The quantitative estimate of drug-likeness (QED) is 0.147. The number of aromatic nitrogens is 3. The molecule has 15 nitrogen and oxygen atoms in total. The van der Waals surface area contributed by atoms with Gasteiger partial charge in [0.2, 0.25) is 0 Å². The average molecular weight is 1000 g/mol. The third kappa shape index (κ3) is 17.5. The van der Waals surface area contributed by atoms with Crippen LogP contribution in [0, 0.1) is 0 Å². The van der Waals surface area contributed by atoms with Crippen LogP contribution < -0.4 is 11.2 Å². The molecular formula is C43H63B3Br2N4O11. The van der Waals surface area contributed by atoms with Gasteiger partial charge >= 0.3 is 33.1 Å². The molecule has 3 aromatic rings. The molecule has 344 valence electrons. The Bertz CT molecular complexity index is 1940. The molecule has 0 spiro atoms. The summed E-state index contributed by atoms with van der Waals surface area (Å²) in [4.78, 5) is 53.4. The molecule has 63 heavy (non-hydrogen) atoms. The Labute approximate surface area is 391 Å². The number of carbonyl (C=O) groups excluding carboxylic acids is 4. The first kappa shape index (κ1) is 55.8. The van der Waals surface area contributed by atoms with Gasteiger partial charge in [-0.1, -0.05) is 31.9 Å². The molecule has 20 heteroatoms. The van der Waals surface area contributed by atoms with Crippen molar-refractivity contribution in [2.24, 2.45) is 0 Å². The SMILES string of the molecule is CC(=O)Cc1cc(B2OC(C)(C)C(C)(C)O2)ccn1.CC(=O)Cc1cc(Br)ccn1.CC(=O)OC(C)=O.CC1(C)OB(B2OC(C)(C)C(C)(C)O2)OC1(C)C.Nc1cc(Br)ccn1. The number of ether oxygens (including phenoxy) is 1. The Hall–Kier alpha value is -3.36. The summed E-state index contributed by atoms with van der Waals surface area (Å²) in [5.74, 6) is -0.353. The van der Waals surface area contributed by atoms with Crippen molar-refractivity contribution in [3.63, 3.8) is 0 Å². The zero-order valence-electron chi connectivity index (χ0n) is 39.5. The second-order valence-electron chi connectivity index (χ2n) is 18.1. The maximum absolute atomic E-state index is 11.1. The summed E-state index contributed by atoms with van der Waals surface area (Å²) in [5, 5.41) is 0. The zero-order chi connectivity index (χ0) is 48.4. The van der Waals surface area contributed by atoms with E-state index in [0.717, 1.165) is 25.8 Å². The Balaban J connectivity index is 0.000000286. The molecule has 0 bridgehead atoms. The fourth-order valence-electron chi connectivity index (χ4n) is 5.40. The van der Waals surface area contributed by atoms with Gasteiger partial charge in [0.25, 0.3) is 0 Å². The molecule has 2 N–H and O–H groups in total. The number of hydrogen-bond acceptors (Lipinski definition) is 15. The van der Waals surface area contributed by atoms with Gasteiger partial charge in [-0.05, 0) is 139 Å². The van der Waals surface area contributed by atoms with E-state index in [9.17, 15) is 19.2 Å². The number of pyridine rings is 3. The standard InChI is InChI=1S/C14H20BNO3.C12H24B2O4.C8H8BrNO.C5H5BrN2.C4H6O3/c1-10(17)8-12-9-11(6-7-16-12)15-18-13(2,3)14(4,5)19-15;1-9(2)10(3,4)16-13(15-9)14-17-11(5,6)12(7,8)18-14;1-6(11)4-8-5-7(9)2-3-10-8;6-4-1-2-8-5(7)3-4;1-3(5)7-4(2)6/h6-7,9H,8H2,1-5H3;1-8H3;2-3,5H,4H2,1H3;1-3H,(H2,7,8);1-2H3. The van der Waals surface area contributed by atoms with Gasteiger partial charge in [0.15, 0.2) is 0 Å². The van der Waals surface area contributed by atoms with Crippen LogP contribution in [0.5, 0.6) is 0 Å². The number of carbonyl (C=O) groups is 4. The summed E-state index contributed by atoms with van der Waals surface area (Å²) in [6.07, 6.45) is 5.78. The summed E-state index contributed by atoms with van der Waals surface area (Å²) in [6, 6.07) is 11.0. The van der Waals surface area contributed by atoms with E-state index >= 15 is 0 Å². The lowest BCUT2D eigenvalue weighted by Gasteiger charge is -2.32. The predicted octanol–water partition coefficient (Wildman–Crippen LogP) is 7.26. The number of nitrogens with two attached hydrogens (primary N) is 1. The molecule has 3 saturated heterocycles. The van der Waals surface area contributed by atoms with E-state index in [2.05, 4.69) is 51.5 Å². The van der Waals surface area contributed by atoms with Gasteiger partial charge in [0.05, 0.1) is 33.6 Å². The molecule has 3 aliphatic heterocycles. The minimum atomic E-state index is -0.562. The van der Waals surface area contributed by atoms with Gasteiger partial charge in [0.1, 0.15) is 17.4 Å². The summed E-state index contributed by atoms with van der Waals surface area (Å²) in [7, 11) is -1.36. The molecule has 0 amide bonds. The Morgan fingerprint density at radius 1 is 0.540 bits per heavy atom. The van der Waals surface area contributed by atoms with Crippen molar-refractivity contribution >= 4 is 87.8 Å². The number of Topliss-reactive ketones (excluding diaryl/α,β-unsaturated/α-hetero) is 2. The number of ketones is 2. The molecule has 3 aliphatic rings. The van der Waals surface area contributed by atoms with E-state index in [4.69, 9.17) is 33.7 Å². The van der Waals surface area contributed by atoms with E-state index in [1.807, 2.05) is 113 Å². The van der Waals surface area contributed by atoms with Gasteiger partial charge < -0.3 is 38.4 Å². The Kier molecular flexibility index (Phi) is 20.1. The van der Waals surface area contributed by atoms with Crippen molar-refractivity contribution in [2.45, 2.75) is 157 Å². The first-order valence-electron chi connectivity index (χ1n) is 20.4.